The van der Waals surface area contributed by atoms with Gasteiger partial charge in [-0.3, -0.25) is 19.3 Å². The van der Waals surface area contributed by atoms with Crippen molar-refractivity contribution in [1.29, 1.82) is 0 Å². The zero-order valence-corrected chi connectivity index (χ0v) is 17.8. The summed E-state index contributed by atoms with van der Waals surface area (Å²) in [6, 6.07) is 5.04. The van der Waals surface area contributed by atoms with E-state index >= 15 is 0 Å². The van der Waals surface area contributed by atoms with Gasteiger partial charge in [-0.25, -0.2) is 0 Å². The molecule has 6 nitrogen and oxygen atoms in total. The van der Waals surface area contributed by atoms with Gasteiger partial charge in [-0.05, 0) is 43.9 Å². The van der Waals surface area contributed by atoms with Gasteiger partial charge in [-0.15, -0.1) is 0 Å². The molecule has 0 atom stereocenters. The Labute approximate surface area is 173 Å². The van der Waals surface area contributed by atoms with E-state index in [0.717, 1.165) is 44.9 Å². The van der Waals surface area contributed by atoms with Crippen LogP contribution in [-0.2, 0) is 4.74 Å². The van der Waals surface area contributed by atoms with Gasteiger partial charge in [-0.2, -0.15) is 0 Å². The van der Waals surface area contributed by atoms with Gasteiger partial charge in [0.05, 0.1) is 17.7 Å². The van der Waals surface area contributed by atoms with E-state index in [1.165, 1.54) is 4.90 Å². The first-order valence-corrected chi connectivity index (χ1v) is 10.8. The second kappa shape index (κ2) is 9.53. The number of carbonyl (C=O) groups excluding carboxylic acids is 3. The zero-order valence-electron chi connectivity index (χ0n) is 17.8. The van der Waals surface area contributed by atoms with Crippen molar-refractivity contribution in [2.45, 2.75) is 70.9 Å². The molecule has 1 fully saturated rings. The third-order valence-electron chi connectivity index (χ3n) is 6.29. The number of ether oxygens (including phenoxy) is 1. The molecule has 1 aliphatic heterocycles. The van der Waals surface area contributed by atoms with Crippen LogP contribution in [-0.4, -0.2) is 59.9 Å². The molecule has 3 rings (SSSR count). The van der Waals surface area contributed by atoms with Crippen LogP contribution in [0.4, 0.5) is 0 Å². The molecular weight excluding hydrogens is 368 g/mol. The minimum absolute atomic E-state index is 0.0157. The van der Waals surface area contributed by atoms with Crippen LogP contribution in [0, 0.1) is 0 Å². The van der Waals surface area contributed by atoms with Crippen LogP contribution in [0.1, 0.15) is 89.9 Å². The van der Waals surface area contributed by atoms with Crippen LogP contribution in [0.3, 0.4) is 0 Å². The van der Waals surface area contributed by atoms with Gasteiger partial charge in [0.1, 0.15) is 0 Å². The highest BCUT2D eigenvalue weighted by Crippen LogP contribution is 2.31. The summed E-state index contributed by atoms with van der Waals surface area (Å²) < 4.78 is 5.18. The van der Waals surface area contributed by atoms with Crippen LogP contribution in [0.25, 0.3) is 0 Å². The third-order valence-corrected chi connectivity index (χ3v) is 6.29. The van der Waals surface area contributed by atoms with Crippen LogP contribution >= 0.6 is 0 Å². The summed E-state index contributed by atoms with van der Waals surface area (Å²) in [6.07, 6.45) is 6.70. The molecule has 1 aromatic carbocycles. The van der Waals surface area contributed by atoms with Crippen molar-refractivity contribution in [2.75, 3.05) is 20.3 Å². The Balaban J connectivity index is 1.87. The van der Waals surface area contributed by atoms with E-state index in [4.69, 9.17) is 4.74 Å². The lowest BCUT2D eigenvalue weighted by Crippen LogP contribution is -2.42. The highest BCUT2D eigenvalue weighted by atomic mass is 16.5. The maximum atomic E-state index is 13.2. The topological polar surface area (TPSA) is 66.9 Å². The highest BCUT2D eigenvalue weighted by molar-refractivity contribution is 6.22. The molecule has 0 aromatic heterocycles. The van der Waals surface area contributed by atoms with E-state index in [0.29, 0.717) is 29.8 Å². The van der Waals surface area contributed by atoms with Crippen molar-refractivity contribution in [1.82, 2.24) is 9.80 Å². The molecule has 158 valence electrons. The molecule has 0 saturated heterocycles. The van der Waals surface area contributed by atoms with E-state index in [-0.39, 0.29) is 29.8 Å². The van der Waals surface area contributed by atoms with Crippen molar-refractivity contribution in [2.24, 2.45) is 0 Å². The summed E-state index contributed by atoms with van der Waals surface area (Å²) in [4.78, 5) is 42.4. The number of methoxy groups -OCH3 is 1. The largest absolute Gasteiger partial charge is 0.383 e. The van der Waals surface area contributed by atoms with Crippen LogP contribution in [0.2, 0.25) is 0 Å². The van der Waals surface area contributed by atoms with Crippen molar-refractivity contribution in [3.63, 3.8) is 0 Å². The summed E-state index contributed by atoms with van der Waals surface area (Å²) in [6.45, 7) is 5.09. The van der Waals surface area contributed by atoms with Crippen molar-refractivity contribution < 1.29 is 19.1 Å². The normalized spacial score (nSPS) is 17.2. The van der Waals surface area contributed by atoms with E-state index in [1.807, 2.05) is 4.90 Å². The fourth-order valence-electron chi connectivity index (χ4n) is 4.60. The number of nitrogens with zero attached hydrogens (tertiary/aromatic N) is 2. The molecule has 0 spiro atoms. The number of rotatable bonds is 8. The molecule has 0 N–H and O–H groups in total. The van der Waals surface area contributed by atoms with E-state index < -0.39 is 0 Å². The second-order valence-corrected chi connectivity index (χ2v) is 7.99. The lowest BCUT2D eigenvalue weighted by Gasteiger charge is -2.30. The van der Waals surface area contributed by atoms with Gasteiger partial charge in [0, 0.05) is 31.3 Å². The van der Waals surface area contributed by atoms with E-state index in [1.54, 1.807) is 25.3 Å². The van der Waals surface area contributed by atoms with Gasteiger partial charge in [0.2, 0.25) is 0 Å². The van der Waals surface area contributed by atoms with Gasteiger partial charge < -0.3 is 9.64 Å². The maximum Gasteiger partial charge on any atom is 0.261 e. The predicted molar refractivity (Wildman–Crippen MR) is 111 cm³/mol. The van der Waals surface area contributed by atoms with Gasteiger partial charge in [0.25, 0.3) is 17.7 Å². The number of fused-ring (bicyclic) bond motifs is 1. The minimum atomic E-state index is -0.252. The summed E-state index contributed by atoms with van der Waals surface area (Å²) >= 11 is 0. The Bertz CT molecular complexity index is 766. The average Bonchev–Trinajstić information content (AvgIpc) is 3.01. The number of amides is 3. The molecular formula is C23H32N2O4. The number of imide groups is 1. The standard InChI is InChI=1S/C23H32N2O4/c1-4-17(5-2)24(13-14-29-3)21(26)16-11-12-19-20(15-16)23(28)25(22(19)27)18-9-7-6-8-10-18/h11-12,15,17-18H,4-10,13-14H2,1-3H3. The molecule has 0 bridgehead atoms. The monoisotopic (exact) mass is 400 g/mol. The fraction of sp³-hybridized carbons (Fsp3) is 0.609. The van der Waals surface area contributed by atoms with Gasteiger partial charge >= 0.3 is 0 Å². The quantitative estimate of drug-likeness (QED) is 0.621. The molecule has 1 aliphatic carbocycles. The van der Waals surface area contributed by atoms with E-state index in [9.17, 15) is 14.4 Å². The van der Waals surface area contributed by atoms with Crippen molar-refractivity contribution in [3.05, 3.63) is 34.9 Å². The molecule has 0 unspecified atom stereocenters. The summed E-state index contributed by atoms with van der Waals surface area (Å²) in [5.41, 5.74) is 1.24. The third kappa shape index (κ3) is 4.22. The smallest absolute Gasteiger partial charge is 0.261 e. The average molecular weight is 401 g/mol. The summed E-state index contributed by atoms with van der Waals surface area (Å²) in [5.74, 6) is -0.584. The Hall–Kier alpha value is -2.21. The number of hydrogen-bond donors (Lipinski definition) is 0. The van der Waals surface area contributed by atoms with Crippen LogP contribution in [0.5, 0.6) is 0 Å². The molecule has 6 heteroatoms. The summed E-state index contributed by atoms with van der Waals surface area (Å²) in [5, 5.41) is 0. The number of hydrogen-bond acceptors (Lipinski definition) is 4. The molecule has 1 aromatic rings. The molecule has 1 heterocycles. The Morgan fingerprint density at radius 1 is 1.10 bits per heavy atom. The number of carbonyl (C=O) groups is 3. The molecule has 29 heavy (non-hydrogen) atoms. The van der Waals surface area contributed by atoms with Gasteiger partial charge in [-0.1, -0.05) is 33.1 Å². The second-order valence-electron chi connectivity index (χ2n) is 7.99. The zero-order chi connectivity index (χ0) is 21.0. The minimum Gasteiger partial charge on any atom is -0.383 e. The van der Waals surface area contributed by atoms with Crippen LogP contribution < -0.4 is 0 Å². The molecule has 2 aliphatic rings. The maximum absolute atomic E-state index is 13.2. The SMILES string of the molecule is CCC(CC)N(CCOC)C(=O)c1ccc2c(c1)C(=O)N(C1CCCCC1)C2=O. The molecule has 3 amide bonds. The summed E-state index contributed by atoms with van der Waals surface area (Å²) in [7, 11) is 1.62. The highest BCUT2D eigenvalue weighted by Gasteiger charge is 2.40. The Kier molecular flexibility index (Phi) is 7.06. The van der Waals surface area contributed by atoms with Crippen LogP contribution in [0.15, 0.2) is 18.2 Å². The predicted octanol–water partition coefficient (Wildman–Crippen LogP) is 3.89. The first-order valence-electron chi connectivity index (χ1n) is 10.8. The number of benzene rings is 1. The molecule has 1 saturated carbocycles. The van der Waals surface area contributed by atoms with Gasteiger partial charge in [0.15, 0.2) is 0 Å². The first kappa shape index (κ1) is 21.5. The van der Waals surface area contributed by atoms with Crippen molar-refractivity contribution >= 4 is 17.7 Å². The van der Waals surface area contributed by atoms with Crippen molar-refractivity contribution in [3.8, 4) is 0 Å². The first-order chi connectivity index (χ1) is 14.0. The Morgan fingerprint density at radius 3 is 2.38 bits per heavy atom. The van der Waals surface area contributed by atoms with E-state index in [2.05, 4.69) is 13.8 Å². The molecule has 0 radical (unpaired) electrons. The fourth-order valence-corrected chi connectivity index (χ4v) is 4.60. The lowest BCUT2D eigenvalue weighted by molar-refractivity contribution is 0.0548. The lowest BCUT2D eigenvalue weighted by atomic mass is 9.94. The Morgan fingerprint density at radius 2 is 1.76 bits per heavy atom.